The maximum atomic E-state index is 14.4. The zero-order valence-corrected chi connectivity index (χ0v) is 28.4. The Morgan fingerprint density at radius 1 is 1.13 bits per heavy atom. The number of nitrogens with one attached hydrogen (secondary N) is 4. The summed E-state index contributed by atoms with van der Waals surface area (Å²) >= 11 is 0. The Bertz CT molecular complexity index is 1400. The number of hydrogen-bond acceptors (Lipinski definition) is 6. The number of carbonyl (C=O) groups excluding carboxylic acids is 5. The Morgan fingerprint density at radius 3 is 2.43 bits per heavy atom. The molecular weight excluding hydrogens is 596 g/mol. The molecule has 4 rings (SSSR count). The van der Waals surface area contributed by atoms with Crippen LogP contribution >= 0.6 is 0 Å². The molecule has 254 valence electrons. The fourth-order valence-corrected chi connectivity index (χ4v) is 7.45. The van der Waals surface area contributed by atoms with Crippen molar-refractivity contribution in [3.63, 3.8) is 0 Å². The third-order valence-electron chi connectivity index (χ3n) is 10.2. The second-order valence-electron chi connectivity index (χ2n) is 15.0. The zero-order chi connectivity index (χ0) is 34.6. The summed E-state index contributed by atoms with van der Waals surface area (Å²) < 4.78 is 0. The normalized spacial score (nSPS) is 23.6. The van der Waals surface area contributed by atoms with Crippen molar-refractivity contribution in [1.82, 2.24) is 31.2 Å². The lowest BCUT2D eigenvalue weighted by Gasteiger charge is -2.40. The van der Waals surface area contributed by atoms with E-state index in [1.165, 1.54) is 11.0 Å². The number of piperidine rings is 1. The van der Waals surface area contributed by atoms with Gasteiger partial charge in [-0.3, -0.25) is 24.2 Å². The van der Waals surface area contributed by atoms with Crippen LogP contribution in [0.4, 0.5) is 4.79 Å². The molecule has 4 N–H and O–H groups in total. The van der Waals surface area contributed by atoms with Crippen molar-refractivity contribution >= 4 is 29.5 Å². The van der Waals surface area contributed by atoms with E-state index in [1.807, 2.05) is 39.0 Å². The van der Waals surface area contributed by atoms with Crippen LogP contribution in [0.25, 0.3) is 0 Å². The van der Waals surface area contributed by atoms with Crippen molar-refractivity contribution in [2.45, 2.75) is 103 Å². The second kappa shape index (κ2) is 14.3. The third-order valence-corrected chi connectivity index (χ3v) is 10.2. The summed E-state index contributed by atoms with van der Waals surface area (Å²) in [6, 6.07) is 2.23. The number of urea groups is 1. The topological polar surface area (TPSA) is 150 Å². The van der Waals surface area contributed by atoms with Crippen LogP contribution in [-0.4, -0.2) is 76.2 Å². The van der Waals surface area contributed by atoms with Gasteiger partial charge in [0.25, 0.3) is 5.91 Å². The Hall–Kier alpha value is -4.20. The highest BCUT2D eigenvalue weighted by molar-refractivity contribution is 6.38. The molecule has 0 aromatic carbocycles. The Balaban J connectivity index is 1.53. The lowest BCUT2D eigenvalue weighted by molar-refractivity contribution is -0.145. The first-order valence-electron chi connectivity index (χ1n) is 16.6. The Labute approximate surface area is 278 Å². The summed E-state index contributed by atoms with van der Waals surface area (Å²) in [4.78, 5) is 73.3. The molecule has 1 saturated heterocycles. The molecular formula is C36H50N6O5. The van der Waals surface area contributed by atoms with Crippen LogP contribution in [0.2, 0.25) is 0 Å². The van der Waals surface area contributed by atoms with E-state index in [9.17, 15) is 24.0 Å². The smallest absolute Gasteiger partial charge is 0.315 e. The van der Waals surface area contributed by atoms with E-state index in [2.05, 4.69) is 52.6 Å². The molecule has 3 aliphatic rings. The minimum atomic E-state index is -1.25. The molecule has 5 amide bonds. The quantitative estimate of drug-likeness (QED) is 0.156. The Kier molecular flexibility index (Phi) is 10.8. The molecule has 1 unspecified atom stereocenters. The highest BCUT2D eigenvalue weighted by Crippen LogP contribution is 2.65. The first kappa shape index (κ1) is 35.7. The molecule has 2 saturated carbocycles. The van der Waals surface area contributed by atoms with Crippen LogP contribution in [0.1, 0.15) is 78.8 Å². The van der Waals surface area contributed by atoms with Crippen LogP contribution < -0.4 is 21.3 Å². The van der Waals surface area contributed by atoms with E-state index >= 15 is 0 Å². The first-order valence-corrected chi connectivity index (χ1v) is 16.6. The molecule has 5 atom stereocenters. The van der Waals surface area contributed by atoms with E-state index in [0.29, 0.717) is 13.0 Å². The van der Waals surface area contributed by atoms with Crippen molar-refractivity contribution in [3.05, 3.63) is 42.7 Å². The van der Waals surface area contributed by atoms with Crippen molar-refractivity contribution in [2.24, 2.45) is 22.7 Å². The molecule has 11 nitrogen and oxygen atoms in total. The average molecular weight is 647 g/mol. The fraction of sp³-hybridized carbons (Fsp3) is 0.611. The summed E-state index contributed by atoms with van der Waals surface area (Å²) in [5.74, 6) is -0.385. The molecule has 1 aromatic heterocycles. The molecule has 11 heteroatoms. The number of aromatic nitrogens is 1. The van der Waals surface area contributed by atoms with Gasteiger partial charge >= 0.3 is 6.03 Å². The largest absolute Gasteiger partial charge is 0.346 e. The summed E-state index contributed by atoms with van der Waals surface area (Å²) in [6.07, 6.45) is 13.8. The lowest BCUT2D eigenvalue weighted by Crippen LogP contribution is -2.63. The van der Waals surface area contributed by atoms with Gasteiger partial charge in [-0.25, -0.2) is 4.79 Å². The summed E-state index contributed by atoms with van der Waals surface area (Å²) in [7, 11) is 0. The van der Waals surface area contributed by atoms with Gasteiger partial charge in [0.1, 0.15) is 18.1 Å². The number of hydrogen-bond donors (Lipinski definition) is 4. The molecule has 0 bridgehead atoms. The maximum Gasteiger partial charge on any atom is 0.315 e. The predicted octanol–water partition coefficient (Wildman–Crippen LogP) is 2.90. The molecule has 1 aromatic rings. The second-order valence-corrected chi connectivity index (χ2v) is 15.0. The van der Waals surface area contributed by atoms with Gasteiger partial charge in [0.05, 0.1) is 0 Å². The standard InChI is InChI=1S/C36H50N6O5/c1-8-15-25(28(43)31(45)38-19-9-2)39-30(44)27-26-24(35(26,6)7)22-42(27)32(46)29(34(3,4)5)40-33(47)41-36(17-12-10-13-18-36)21-23-16-11-14-20-37-23/h1,9,11,14,16,20,24-27,29H,2,10,12-13,15,17-19,21-22H2,3-7H3,(H,38,45)(H,39,44)(H2,40,41,47)/t24-,25?,26-,27-,29+/m0/s1. The van der Waals surface area contributed by atoms with Crippen LogP contribution in [0.3, 0.4) is 0 Å². The number of terminal acetylenes is 1. The number of nitrogens with zero attached hydrogens (tertiary/aromatic N) is 2. The van der Waals surface area contributed by atoms with Crippen molar-refractivity contribution in [3.8, 4) is 12.3 Å². The predicted molar refractivity (Wildman–Crippen MR) is 179 cm³/mol. The van der Waals surface area contributed by atoms with Gasteiger partial charge in [-0.2, -0.15) is 0 Å². The van der Waals surface area contributed by atoms with Crippen LogP contribution in [-0.2, 0) is 25.6 Å². The maximum absolute atomic E-state index is 14.4. The van der Waals surface area contributed by atoms with Gasteiger partial charge in [0, 0.05) is 43.4 Å². The van der Waals surface area contributed by atoms with Gasteiger partial charge < -0.3 is 26.2 Å². The van der Waals surface area contributed by atoms with E-state index in [0.717, 1.165) is 37.8 Å². The summed E-state index contributed by atoms with van der Waals surface area (Å²) in [6.45, 7) is 13.7. The third kappa shape index (κ3) is 8.03. The van der Waals surface area contributed by atoms with Gasteiger partial charge in [-0.15, -0.1) is 18.9 Å². The molecule has 1 aliphatic heterocycles. The highest BCUT2D eigenvalue weighted by atomic mass is 16.2. The number of ketones is 1. The minimum absolute atomic E-state index is 0.0678. The molecule has 3 fully saturated rings. The molecule has 0 spiro atoms. The van der Waals surface area contributed by atoms with E-state index < -0.39 is 52.7 Å². The number of carbonyl (C=O) groups is 5. The number of Topliss-reactive ketones (excluding diaryl/α,β-unsaturated/α-hetero) is 1. The highest BCUT2D eigenvalue weighted by Gasteiger charge is 2.70. The van der Waals surface area contributed by atoms with Crippen molar-refractivity contribution in [1.29, 1.82) is 0 Å². The van der Waals surface area contributed by atoms with E-state index in [4.69, 9.17) is 6.42 Å². The number of likely N-dealkylation sites (tertiary alicyclic amines) is 1. The fourth-order valence-electron chi connectivity index (χ4n) is 7.45. The molecule has 2 heterocycles. The number of amides is 5. The monoisotopic (exact) mass is 646 g/mol. The first-order chi connectivity index (χ1) is 22.1. The van der Waals surface area contributed by atoms with Gasteiger partial charge in [-0.05, 0) is 47.6 Å². The van der Waals surface area contributed by atoms with Gasteiger partial charge in [-0.1, -0.05) is 66.0 Å². The molecule has 2 aliphatic carbocycles. The SMILES string of the molecule is C#CCC(NC(=O)[C@@H]1[C@@H]2[C@H](CN1C(=O)[C@@H](NC(=O)NC1(Cc3ccccn3)CCCCC1)C(C)(C)C)C2(C)C)C(=O)C(=O)NCC=C. The van der Waals surface area contributed by atoms with Gasteiger partial charge in [0.15, 0.2) is 0 Å². The molecule has 47 heavy (non-hydrogen) atoms. The van der Waals surface area contributed by atoms with E-state index in [1.54, 1.807) is 6.20 Å². The zero-order valence-electron chi connectivity index (χ0n) is 28.4. The number of fused-ring (bicyclic) bond motifs is 1. The molecule has 0 radical (unpaired) electrons. The van der Waals surface area contributed by atoms with Crippen molar-refractivity contribution in [2.75, 3.05) is 13.1 Å². The summed E-state index contributed by atoms with van der Waals surface area (Å²) in [5.41, 5.74) is -0.484. The summed E-state index contributed by atoms with van der Waals surface area (Å²) in [5, 5.41) is 11.3. The lowest BCUT2D eigenvalue weighted by atomic mass is 9.78. The van der Waals surface area contributed by atoms with Gasteiger partial charge in [0.2, 0.25) is 17.6 Å². The van der Waals surface area contributed by atoms with Crippen LogP contribution in [0.5, 0.6) is 0 Å². The number of pyridine rings is 1. The number of rotatable bonds is 12. The van der Waals surface area contributed by atoms with Crippen molar-refractivity contribution < 1.29 is 24.0 Å². The van der Waals surface area contributed by atoms with Crippen LogP contribution in [0, 0.1) is 35.0 Å². The average Bonchev–Trinajstić information content (AvgIpc) is 3.33. The Morgan fingerprint density at radius 2 is 1.83 bits per heavy atom. The minimum Gasteiger partial charge on any atom is -0.346 e. The van der Waals surface area contributed by atoms with Crippen LogP contribution in [0.15, 0.2) is 37.1 Å². The van der Waals surface area contributed by atoms with E-state index in [-0.39, 0.29) is 36.1 Å².